The van der Waals surface area contributed by atoms with Crippen molar-refractivity contribution < 1.29 is 0 Å². The molecule has 1 aliphatic heterocycles. The van der Waals surface area contributed by atoms with E-state index in [4.69, 9.17) is 16.6 Å². The van der Waals surface area contributed by atoms with Gasteiger partial charge in [0.25, 0.3) is 0 Å². The molecule has 2 atom stereocenters. The van der Waals surface area contributed by atoms with Gasteiger partial charge in [-0.15, -0.1) is 0 Å². The molecule has 0 bridgehead atoms. The minimum atomic E-state index is 0.120. The molecule has 3 rings (SSSR count). The van der Waals surface area contributed by atoms with E-state index in [2.05, 4.69) is 69.4 Å². The predicted octanol–water partition coefficient (Wildman–Crippen LogP) is 11.3. The Kier molecular flexibility index (Phi) is 21.4. The first kappa shape index (κ1) is 34.0. The first-order valence-electron chi connectivity index (χ1n) is 13.3. The Morgan fingerprint density at radius 2 is 1.62 bits per heavy atom. The van der Waals surface area contributed by atoms with Crippen molar-refractivity contribution in [2.24, 2.45) is 10.9 Å². The largest absolute Gasteiger partial charge is 0.253 e. The average molecular weight is 484 g/mol. The van der Waals surface area contributed by atoms with Gasteiger partial charge in [-0.1, -0.05) is 128 Å². The third-order valence-electron chi connectivity index (χ3n) is 4.87. The van der Waals surface area contributed by atoms with Crippen LogP contribution in [0.4, 0.5) is 0 Å². The van der Waals surface area contributed by atoms with Crippen molar-refractivity contribution in [2.75, 3.05) is 0 Å². The fourth-order valence-electron chi connectivity index (χ4n) is 3.41. The van der Waals surface area contributed by atoms with E-state index in [0.29, 0.717) is 0 Å². The van der Waals surface area contributed by atoms with Crippen LogP contribution >= 0.6 is 11.6 Å². The summed E-state index contributed by atoms with van der Waals surface area (Å²) in [5, 5.41) is 0.798. The highest BCUT2D eigenvalue weighted by Gasteiger charge is 2.18. The van der Waals surface area contributed by atoms with Crippen molar-refractivity contribution in [1.29, 1.82) is 0 Å². The number of halogens is 1. The van der Waals surface area contributed by atoms with Crippen LogP contribution in [-0.2, 0) is 0 Å². The van der Waals surface area contributed by atoms with E-state index in [1.165, 1.54) is 11.1 Å². The van der Waals surface area contributed by atoms with Gasteiger partial charge >= 0.3 is 0 Å². The molecule has 0 fully saturated rings. The van der Waals surface area contributed by atoms with Crippen molar-refractivity contribution in [3.8, 4) is 0 Å². The second-order valence-corrected chi connectivity index (χ2v) is 7.41. The van der Waals surface area contributed by atoms with Gasteiger partial charge in [-0.25, -0.2) is 0 Å². The summed E-state index contributed by atoms with van der Waals surface area (Å²) >= 11 is 6.48. The van der Waals surface area contributed by atoms with Crippen LogP contribution in [0.5, 0.6) is 0 Å². The molecule has 1 aliphatic carbocycles. The standard InChI is InChI=1S/C24H26ClN.4C2H6/c1-4-8-18(3)23-14-13-19(21-11-5-6-12-22(21)25)16-24(26-23)20-10-7-9-17(2)15-20;4*1-2/h4-6,8,10-16,18-19H,7,9H2,1-3H3;4*1-2H3/b8-4-;;;;. The summed E-state index contributed by atoms with van der Waals surface area (Å²) < 4.78 is 0. The monoisotopic (exact) mass is 483 g/mol. The molecule has 2 unspecified atom stereocenters. The lowest BCUT2D eigenvalue weighted by atomic mass is 9.93. The van der Waals surface area contributed by atoms with Crippen molar-refractivity contribution in [2.45, 2.75) is 94.9 Å². The summed E-state index contributed by atoms with van der Waals surface area (Å²) in [6.07, 6.45) is 17.7. The maximum Gasteiger partial charge on any atom is 0.0671 e. The molecule has 1 heterocycles. The minimum absolute atomic E-state index is 0.120. The fraction of sp³-hybridized carbons (Fsp3) is 0.469. The van der Waals surface area contributed by atoms with Gasteiger partial charge in [0.05, 0.1) is 5.70 Å². The molecule has 2 aliphatic rings. The topological polar surface area (TPSA) is 12.4 Å². The van der Waals surface area contributed by atoms with Crippen LogP contribution in [0.25, 0.3) is 0 Å². The first-order chi connectivity index (χ1) is 16.6. The Bertz CT molecular complexity index is 850. The lowest BCUT2D eigenvalue weighted by molar-refractivity contribution is 0.941. The van der Waals surface area contributed by atoms with E-state index in [1.807, 2.05) is 73.6 Å². The minimum Gasteiger partial charge on any atom is -0.253 e. The number of nitrogens with zero attached hydrogens (tertiary/aromatic N) is 1. The number of rotatable bonds is 4. The molecule has 1 aromatic rings. The molecule has 2 heteroatoms. The van der Waals surface area contributed by atoms with Crippen LogP contribution in [-0.4, -0.2) is 5.71 Å². The lowest BCUT2D eigenvalue weighted by Crippen LogP contribution is -2.06. The van der Waals surface area contributed by atoms with Crippen molar-refractivity contribution in [1.82, 2.24) is 0 Å². The number of hydrogen-bond donors (Lipinski definition) is 0. The number of hydrogen-bond acceptors (Lipinski definition) is 1. The Morgan fingerprint density at radius 3 is 2.18 bits per heavy atom. The third-order valence-corrected chi connectivity index (χ3v) is 5.22. The maximum absolute atomic E-state index is 6.48. The zero-order chi connectivity index (χ0) is 26.5. The van der Waals surface area contributed by atoms with E-state index in [9.17, 15) is 0 Å². The van der Waals surface area contributed by atoms with E-state index in [0.717, 1.165) is 34.8 Å². The molecule has 190 valence electrons. The van der Waals surface area contributed by atoms with Crippen LogP contribution in [0.3, 0.4) is 0 Å². The Labute approximate surface area is 217 Å². The van der Waals surface area contributed by atoms with Gasteiger partial charge in [0.2, 0.25) is 0 Å². The van der Waals surface area contributed by atoms with Gasteiger partial charge in [-0.05, 0) is 56.0 Å². The van der Waals surface area contributed by atoms with Gasteiger partial charge < -0.3 is 0 Å². The highest BCUT2D eigenvalue weighted by atomic mass is 35.5. The molecular weight excluding hydrogens is 434 g/mol. The molecule has 0 radical (unpaired) electrons. The number of allylic oxidation sites excluding steroid dienone is 8. The Morgan fingerprint density at radius 1 is 1.00 bits per heavy atom. The Balaban J connectivity index is 0. The summed E-state index contributed by atoms with van der Waals surface area (Å²) in [4.78, 5) is 5.04. The van der Waals surface area contributed by atoms with Gasteiger partial charge in [0.15, 0.2) is 0 Å². The van der Waals surface area contributed by atoms with Gasteiger partial charge in [-0.3, -0.25) is 4.99 Å². The second-order valence-electron chi connectivity index (χ2n) is 7.00. The molecule has 0 spiro atoms. The van der Waals surface area contributed by atoms with E-state index < -0.39 is 0 Å². The van der Waals surface area contributed by atoms with Gasteiger partial charge in [-0.2, -0.15) is 0 Å². The van der Waals surface area contributed by atoms with Crippen molar-refractivity contribution in [3.63, 3.8) is 0 Å². The summed E-state index contributed by atoms with van der Waals surface area (Å²) in [6.45, 7) is 22.4. The quantitative estimate of drug-likeness (QED) is 0.377. The van der Waals surface area contributed by atoms with Crippen LogP contribution in [0.15, 0.2) is 88.6 Å². The fourth-order valence-corrected chi connectivity index (χ4v) is 3.67. The van der Waals surface area contributed by atoms with Gasteiger partial charge in [0, 0.05) is 22.6 Å². The average Bonchev–Trinajstić information content (AvgIpc) is 3.13. The van der Waals surface area contributed by atoms with Crippen LogP contribution in [0.1, 0.15) is 100 Å². The summed E-state index contributed by atoms with van der Waals surface area (Å²) in [5.41, 5.74) is 5.88. The van der Waals surface area contributed by atoms with E-state index >= 15 is 0 Å². The zero-order valence-corrected chi connectivity index (χ0v) is 24.5. The Hall–Kier alpha value is -2.12. The van der Waals surface area contributed by atoms with E-state index in [-0.39, 0.29) is 11.8 Å². The molecule has 34 heavy (non-hydrogen) atoms. The first-order valence-corrected chi connectivity index (χ1v) is 13.7. The highest BCUT2D eigenvalue weighted by molar-refractivity contribution is 6.31. The van der Waals surface area contributed by atoms with Crippen molar-refractivity contribution >= 4 is 17.3 Å². The smallest absolute Gasteiger partial charge is 0.0671 e. The van der Waals surface area contributed by atoms with Crippen LogP contribution in [0, 0.1) is 5.92 Å². The summed E-state index contributed by atoms with van der Waals surface area (Å²) in [7, 11) is 0. The molecule has 1 nitrogen and oxygen atoms in total. The molecule has 0 N–H and O–H groups in total. The third kappa shape index (κ3) is 11.3. The molecular formula is C32H50ClN. The van der Waals surface area contributed by atoms with Crippen molar-refractivity contribution in [3.05, 3.63) is 94.2 Å². The van der Waals surface area contributed by atoms with Crippen LogP contribution < -0.4 is 0 Å². The van der Waals surface area contributed by atoms with Crippen LogP contribution in [0.2, 0.25) is 5.02 Å². The normalized spacial score (nSPS) is 17.2. The molecule has 0 saturated carbocycles. The molecule has 0 amide bonds. The lowest BCUT2D eigenvalue weighted by Gasteiger charge is -2.15. The highest BCUT2D eigenvalue weighted by Crippen LogP contribution is 2.33. The van der Waals surface area contributed by atoms with Gasteiger partial charge in [0.1, 0.15) is 0 Å². The number of benzene rings is 1. The second kappa shape index (κ2) is 21.4. The molecule has 0 saturated heterocycles. The maximum atomic E-state index is 6.48. The SMILES string of the molecule is C/C=C\C(C)C1=NC(C2=CCCC(C)=C2)=CC(c2ccccc2Cl)C=C1.CC.CC.CC.CC. The predicted molar refractivity (Wildman–Crippen MR) is 159 cm³/mol. The zero-order valence-electron chi connectivity index (χ0n) is 23.7. The van der Waals surface area contributed by atoms with E-state index in [1.54, 1.807) is 0 Å². The summed E-state index contributed by atoms with van der Waals surface area (Å²) in [6, 6.07) is 8.07. The summed E-state index contributed by atoms with van der Waals surface area (Å²) in [5.74, 6) is 0.396. The number of aliphatic imine (C=N–C) groups is 1. The molecule has 0 aromatic heterocycles. The molecule has 1 aromatic carbocycles.